The third kappa shape index (κ3) is 4.21. The van der Waals surface area contributed by atoms with Gasteiger partial charge in [-0.15, -0.1) is 0 Å². The highest BCUT2D eigenvalue weighted by Crippen LogP contribution is 2.22. The van der Waals surface area contributed by atoms with Crippen LogP contribution in [0.1, 0.15) is 12.0 Å². The van der Waals surface area contributed by atoms with E-state index in [0.29, 0.717) is 18.4 Å². The van der Waals surface area contributed by atoms with Crippen molar-refractivity contribution >= 4 is 21.9 Å². The van der Waals surface area contributed by atoms with E-state index in [0.717, 1.165) is 17.3 Å². The smallest absolute Gasteiger partial charge is 0.232 e. The highest BCUT2D eigenvalue weighted by atomic mass is 79.9. The lowest BCUT2D eigenvalue weighted by molar-refractivity contribution is 0.297. The number of anilines is 1. The molecule has 1 N–H and O–H groups in total. The highest BCUT2D eigenvalue weighted by molar-refractivity contribution is 9.10. The minimum atomic E-state index is 0.557. The average Bonchev–Trinajstić information content (AvgIpc) is 2.46. The van der Waals surface area contributed by atoms with Gasteiger partial charge in [0.1, 0.15) is 0 Å². The molecule has 1 aromatic heterocycles. The summed E-state index contributed by atoms with van der Waals surface area (Å²) in [7, 11) is 1.78. The van der Waals surface area contributed by atoms with E-state index in [2.05, 4.69) is 55.5 Å². The van der Waals surface area contributed by atoms with E-state index in [1.165, 1.54) is 5.56 Å². The largest absolute Gasteiger partial charge is 0.477 e. The molecule has 0 unspecified atom stereocenters. The summed E-state index contributed by atoms with van der Waals surface area (Å²) in [6, 6.07) is 10.4. The van der Waals surface area contributed by atoms with Crippen LogP contribution in [-0.2, 0) is 6.42 Å². The normalized spacial score (nSPS) is 10.2. The van der Waals surface area contributed by atoms with Gasteiger partial charge in [-0.25, -0.2) is 4.98 Å². The Morgan fingerprint density at radius 1 is 1.26 bits per heavy atom. The Labute approximate surface area is 121 Å². The number of aryl methyl sites for hydroxylation is 1. The van der Waals surface area contributed by atoms with Gasteiger partial charge in [-0.2, -0.15) is 4.98 Å². The minimum absolute atomic E-state index is 0.557. The molecule has 0 atom stereocenters. The molecule has 1 heterocycles. The van der Waals surface area contributed by atoms with Crippen LogP contribution >= 0.6 is 15.9 Å². The molecule has 0 saturated carbocycles. The number of ether oxygens (including phenoxy) is 1. The Bertz CT molecular complexity index is 519. The molecule has 5 heteroatoms. The van der Waals surface area contributed by atoms with Gasteiger partial charge in [-0.05, 0) is 34.3 Å². The summed E-state index contributed by atoms with van der Waals surface area (Å²) in [6.45, 7) is 0.633. The van der Waals surface area contributed by atoms with Crippen LogP contribution in [0, 0.1) is 0 Å². The van der Waals surface area contributed by atoms with Crippen LogP contribution in [0.15, 0.2) is 41.0 Å². The fourth-order valence-electron chi connectivity index (χ4n) is 1.66. The molecule has 0 spiro atoms. The van der Waals surface area contributed by atoms with E-state index in [9.17, 15) is 0 Å². The van der Waals surface area contributed by atoms with E-state index < -0.39 is 0 Å². The van der Waals surface area contributed by atoms with Gasteiger partial charge in [0.25, 0.3) is 0 Å². The third-order valence-corrected chi connectivity index (χ3v) is 3.17. The van der Waals surface area contributed by atoms with Crippen LogP contribution in [0.2, 0.25) is 0 Å². The summed E-state index contributed by atoms with van der Waals surface area (Å²) in [5.74, 6) is 1.13. The summed E-state index contributed by atoms with van der Waals surface area (Å²) in [5.41, 5.74) is 1.32. The van der Waals surface area contributed by atoms with Crippen molar-refractivity contribution < 1.29 is 4.74 Å². The molecule has 1 aromatic carbocycles. The predicted molar refractivity (Wildman–Crippen MR) is 79.5 cm³/mol. The third-order valence-electron chi connectivity index (χ3n) is 2.63. The number of hydrogen-bond acceptors (Lipinski definition) is 4. The Balaban J connectivity index is 1.82. The molecule has 0 aliphatic carbocycles. The minimum Gasteiger partial charge on any atom is -0.477 e. The molecular weight excluding hydrogens is 306 g/mol. The number of nitrogens with zero attached hydrogens (tertiary/aromatic N) is 2. The van der Waals surface area contributed by atoms with Crippen molar-refractivity contribution in [1.82, 2.24) is 9.97 Å². The Hall–Kier alpha value is -1.62. The average molecular weight is 322 g/mol. The van der Waals surface area contributed by atoms with E-state index in [-0.39, 0.29) is 0 Å². The number of aromatic nitrogens is 2. The van der Waals surface area contributed by atoms with Gasteiger partial charge in [0.2, 0.25) is 11.8 Å². The first-order valence-electron chi connectivity index (χ1n) is 6.16. The Morgan fingerprint density at radius 2 is 2.05 bits per heavy atom. The van der Waals surface area contributed by atoms with E-state index >= 15 is 0 Å². The van der Waals surface area contributed by atoms with Crippen LogP contribution in [0.3, 0.4) is 0 Å². The van der Waals surface area contributed by atoms with Crippen molar-refractivity contribution in [3.63, 3.8) is 0 Å². The molecule has 0 aliphatic heterocycles. The molecule has 0 aliphatic rings. The van der Waals surface area contributed by atoms with Crippen molar-refractivity contribution in [1.29, 1.82) is 0 Å². The van der Waals surface area contributed by atoms with Crippen molar-refractivity contribution in [2.24, 2.45) is 0 Å². The number of halogens is 1. The van der Waals surface area contributed by atoms with Gasteiger partial charge in [0.05, 0.1) is 17.3 Å². The number of rotatable bonds is 6. The Morgan fingerprint density at radius 3 is 2.79 bits per heavy atom. The van der Waals surface area contributed by atoms with Crippen LogP contribution in [0.5, 0.6) is 5.88 Å². The molecular formula is C14H16BrN3O. The van der Waals surface area contributed by atoms with Gasteiger partial charge in [0, 0.05) is 7.05 Å². The molecule has 19 heavy (non-hydrogen) atoms. The molecule has 4 nitrogen and oxygen atoms in total. The van der Waals surface area contributed by atoms with Gasteiger partial charge >= 0.3 is 0 Å². The zero-order valence-corrected chi connectivity index (χ0v) is 12.4. The summed E-state index contributed by atoms with van der Waals surface area (Å²) < 4.78 is 6.43. The molecule has 2 rings (SSSR count). The summed E-state index contributed by atoms with van der Waals surface area (Å²) in [4.78, 5) is 8.33. The Kier molecular flexibility index (Phi) is 5.15. The molecule has 0 bridgehead atoms. The summed E-state index contributed by atoms with van der Waals surface area (Å²) in [5, 5.41) is 2.89. The van der Waals surface area contributed by atoms with Gasteiger partial charge in [-0.3, -0.25) is 0 Å². The summed E-state index contributed by atoms with van der Waals surface area (Å²) in [6.07, 6.45) is 3.64. The van der Waals surface area contributed by atoms with Crippen molar-refractivity contribution in [3.8, 4) is 5.88 Å². The van der Waals surface area contributed by atoms with Gasteiger partial charge in [0.15, 0.2) is 0 Å². The SMILES string of the molecule is CNc1ncc(Br)c(OCCCc2ccccc2)n1. The van der Waals surface area contributed by atoms with Crippen LogP contribution in [0.4, 0.5) is 5.95 Å². The maximum atomic E-state index is 5.66. The second-order valence-corrected chi connectivity index (χ2v) is 4.89. The first-order valence-corrected chi connectivity index (χ1v) is 6.96. The molecule has 0 saturated heterocycles. The molecule has 0 fully saturated rings. The fraction of sp³-hybridized carbons (Fsp3) is 0.286. The first kappa shape index (κ1) is 13.8. The number of benzene rings is 1. The van der Waals surface area contributed by atoms with Gasteiger partial charge in [-0.1, -0.05) is 30.3 Å². The van der Waals surface area contributed by atoms with Crippen LogP contribution < -0.4 is 10.1 Å². The first-order chi connectivity index (χ1) is 9.29. The van der Waals surface area contributed by atoms with E-state index in [1.807, 2.05) is 6.07 Å². The second kappa shape index (κ2) is 7.09. The fourth-order valence-corrected chi connectivity index (χ4v) is 1.97. The van der Waals surface area contributed by atoms with E-state index in [1.54, 1.807) is 13.2 Å². The van der Waals surface area contributed by atoms with Crippen molar-refractivity contribution in [2.75, 3.05) is 19.0 Å². The lowest BCUT2D eigenvalue weighted by Crippen LogP contribution is -2.04. The number of nitrogens with one attached hydrogen (secondary N) is 1. The van der Waals surface area contributed by atoms with Gasteiger partial charge < -0.3 is 10.1 Å². The zero-order valence-electron chi connectivity index (χ0n) is 10.8. The van der Waals surface area contributed by atoms with Crippen LogP contribution in [-0.4, -0.2) is 23.6 Å². The predicted octanol–water partition coefficient (Wildman–Crippen LogP) is 3.29. The molecule has 0 radical (unpaired) electrons. The van der Waals surface area contributed by atoms with Crippen molar-refractivity contribution in [2.45, 2.75) is 12.8 Å². The van der Waals surface area contributed by atoms with Crippen molar-refractivity contribution in [3.05, 3.63) is 46.6 Å². The highest BCUT2D eigenvalue weighted by Gasteiger charge is 2.05. The molecule has 2 aromatic rings. The standard InChI is InChI=1S/C14H16BrN3O/c1-16-14-17-10-12(15)13(18-14)19-9-5-8-11-6-3-2-4-7-11/h2-4,6-7,10H,5,8-9H2,1H3,(H,16,17,18). The maximum Gasteiger partial charge on any atom is 0.232 e. The maximum absolute atomic E-state index is 5.66. The molecule has 0 amide bonds. The lowest BCUT2D eigenvalue weighted by atomic mass is 10.1. The second-order valence-electron chi connectivity index (χ2n) is 4.03. The van der Waals surface area contributed by atoms with Crippen LogP contribution in [0.25, 0.3) is 0 Å². The van der Waals surface area contributed by atoms with E-state index in [4.69, 9.17) is 4.74 Å². The molecule has 100 valence electrons. The summed E-state index contributed by atoms with van der Waals surface area (Å²) >= 11 is 3.38. The lowest BCUT2D eigenvalue weighted by Gasteiger charge is -2.08. The quantitative estimate of drug-likeness (QED) is 0.829. The number of hydrogen-bond donors (Lipinski definition) is 1. The zero-order chi connectivity index (χ0) is 13.5. The topological polar surface area (TPSA) is 47.0 Å². The monoisotopic (exact) mass is 321 g/mol.